The van der Waals surface area contributed by atoms with Crippen LogP contribution < -0.4 is 5.32 Å². The average Bonchev–Trinajstić information content (AvgIpc) is 2.70. The van der Waals surface area contributed by atoms with E-state index in [-0.39, 0.29) is 6.54 Å². The number of nitrogens with zero attached hydrogens (tertiary/aromatic N) is 2. The molecular weight excluding hydrogens is 255 g/mol. The molecular formula is C13H14F3N3. The molecule has 3 nitrogen and oxygen atoms in total. The van der Waals surface area contributed by atoms with Crippen LogP contribution in [0.15, 0.2) is 36.5 Å². The highest BCUT2D eigenvalue weighted by Crippen LogP contribution is 2.16. The van der Waals surface area contributed by atoms with Gasteiger partial charge in [-0.1, -0.05) is 18.2 Å². The van der Waals surface area contributed by atoms with E-state index >= 15 is 0 Å². The van der Waals surface area contributed by atoms with Gasteiger partial charge >= 0.3 is 6.18 Å². The minimum absolute atomic E-state index is 0.120. The monoisotopic (exact) mass is 269 g/mol. The van der Waals surface area contributed by atoms with Crippen LogP contribution in [0.3, 0.4) is 0 Å². The summed E-state index contributed by atoms with van der Waals surface area (Å²) >= 11 is 0. The van der Waals surface area contributed by atoms with Crippen LogP contribution >= 0.6 is 0 Å². The van der Waals surface area contributed by atoms with Crippen molar-refractivity contribution in [2.24, 2.45) is 0 Å². The van der Waals surface area contributed by atoms with Gasteiger partial charge in [-0.25, -0.2) is 4.98 Å². The third kappa shape index (κ3) is 3.57. The van der Waals surface area contributed by atoms with E-state index in [0.717, 1.165) is 11.5 Å². The first-order valence-electron chi connectivity index (χ1n) is 5.83. The minimum Gasteiger partial charge on any atom is -0.303 e. The molecule has 1 N–H and O–H groups in total. The van der Waals surface area contributed by atoms with E-state index < -0.39 is 12.7 Å². The molecule has 1 aromatic carbocycles. The van der Waals surface area contributed by atoms with Gasteiger partial charge < -0.3 is 5.32 Å². The number of rotatable bonds is 4. The van der Waals surface area contributed by atoms with Gasteiger partial charge in [0.05, 0.1) is 18.4 Å². The zero-order valence-corrected chi connectivity index (χ0v) is 10.4. The summed E-state index contributed by atoms with van der Waals surface area (Å²) in [5.74, 6) is 0.745. The minimum atomic E-state index is -4.20. The van der Waals surface area contributed by atoms with Gasteiger partial charge in [0.15, 0.2) is 0 Å². The van der Waals surface area contributed by atoms with Gasteiger partial charge in [0.1, 0.15) is 5.82 Å². The van der Waals surface area contributed by atoms with Crippen LogP contribution in [0.2, 0.25) is 0 Å². The van der Waals surface area contributed by atoms with Crippen LogP contribution in [0.25, 0.3) is 5.69 Å². The normalized spacial score (nSPS) is 11.8. The molecule has 0 amide bonds. The second-order valence-corrected chi connectivity index (χ2v) is 4.19. The van der Waals surface area contributed by atoms with E-state index in [1.165, 1.54) is 0 Å². The molecule has 0 saturated carbocycles. The van der Waals surface area contributed by atoms with Crippen LogP contribution in [0, 0.1) is 6.92 Å². The van der Waals surface area contributed by atoms with Crippen LogP contribution in [0.5, 0.6) is 0 Å². The Bertz CT molecular complexity index is 532. The molecule has 2 rings (SSSR count). The predicted molar refractivity (Wildman–Crippen MR) is 66.1 cm³/mol. The van der Waals surface area contributed by atoms with Crippen LogP contribution in [0.1, 0.15) is 11.5 Å². The van der Waals surface area contributed by atoms with Gasteiger partial charge in [0.2, 0.25) is 0 Å². The molecule has 0 spiro atoms. The van der Waals surface area contributed by atoms with Crippen molar-refractivity contribution in [1.29, 1.82) is 0 Å². The van der Waals surface area contributed by atoms with Crippen molar-refractivity contribution in [2.75, 3.05) is 6.54 Å². The summed E-state index contributed by atoms with van der Waals surface area (Å²) in [7, 11) is 0. The van der Waals surface area contributed by atoms with Crippen molar-refractivity contribution in [3.63, 3.8) is 0 Å². The first-order valence-corrected chi connectivity index (χ1v) is 5.83. The topological polar surface area (TPSA) is 29.9 Å². The number of para-hydroxylation sites is 1. The number of imidazole rings is 1. The van der Waals surface area contributed by atoms with Gasteiger partial charge in [-0.05, 0) is 19.1 Å². The first-order chi connectivity index (χ1) is 8.97. The van der Waals surface area contributed by atoms with E-state index in [4.69, 9.17) is 0 Å². The van der Waals surface area contributed by atoms with Gasteiger partial charge in [-0.15, -0.1) is 0 Å². The van der Waals surface area contributed by atoms with Crippen molar-refractivity contribution in [3.05, 3.63) is 48.0 Å². The van der Waals surface area contributed by atoms with Crippen molar-refractivity contribution < 1.29 is 13.2 Å². The molecule has 0 fully saturated rings. The average molecular weight is 269 g/mol. The smallest absolute Gasteiger partial charge is 0.303 e. The fourth-order valence-corrected chi connectivity index (χ4v) is 1.88. The van der Waals surface area contributed by atoms with E-state index in [1.807, 2.05) is 41.8 Å². The maximum atomic E-state index is 12.1. The third-order valence-corrected chi connectivity index (χ3v) is 2.66. The third-order valence-electron chi connectivity index (χ3n) is 2.66. The van der Waals surface area contributed by atoms with Crippen molar-refractivity contribution in [3.8, 4) is 5.69 Å². The lowest BCUT2D eigenvalue weighted by Gasteiger charge is -2.12. The molecule has 0 bridgehead atoms. The largest absolute Gasteiger partial charge is 0.401 e. The first kappa shape index (κ1) is 13.6. The predicted octanol–water partition coefficient (Wildman–Crippen LogP) is 2.83. The number of benzene rings is 1. The summed E-state index contributed by atoms with van der Waals surface area (Å²) in [5, 5.41) is 2.38. The Balaban J connectivity index is 2.15. The summed E-state index contributed by atoms with van der Waals surface area (Å²) in [6, 6.07) is 9.42. The highest BCUT2D eigenvalue weighted by atomic mass is 19.4. The molecule has 0 aliphatic carbocycles. The van der Waals surface area contributed by atoms with E-state index in [0.29, 0.717) is 5.69 Å². The second-order valence-electron chi connectivity index (χ2n) is 4.19. The molecule has 2 aromatic rings. The van der Waals surface area contributed by atoms with E-state index in [2.05, 4.69) is 10.3 Å². The molecule has 0 unspecified atom stereocenters. The summed E-state index contributed by atoms with van der Waals surface area (Å²) in [5.41, 5.74) is 1.59. The summed E-state index contributed by atoms with van der Waals surface area (Å²) in [6.07, 6.45) is -2.61. The Labute approximate surface area is 109 Å². The number of aryl methyl sites for hydroxylation is 1. The maximum Gasteiger partial charge on any atom is 0.401 e. The van der Waals surface area contributed by atoms with Crippen molar-refractivity contribution in [2.45, 2.75) is 19.6 Å². The SMILES string of the molecule is Cc1ncc(CNCC(F)(F)F)n1-c1ccccc1. The van der Waals surface area contributed by atoms with Crippen molar-refractivity contribution in [1.82, 2.24) is 14.9 Å². The molecule has 0 atom stereocenters. The lowest BCUT2D eigenvalue weighted by Crippen LogP contribution is -2.29. The molecule has 1 aromatic heterocycles. The standard InChI is InChI=1S/C13H14F3N3/c1-10-18-8-12(7-17-9-13(14,15)16)19(10)11-5-3-2-4-6-11/h2-6,8,17H,7,9H2,1H3. The molecule has 0 radical (unpaired) electrons. The van der Waals surface area contributed by atoms with Gasteiger partial charge in [0, 0.05) is 12.2 Å². The molecule has 102 valence electrons. The zero-order chi connectivity index (χ0) is 13.9. The Kier molecular flexibility index (Phi) is 3.90. The fourth-order valence-electron chi connectivity index (χ4n) is 1.88. The van der Waals surface area contributed by atoms with E-state index in [1.54, 1.807) is 6.20 Å². The lowest BCUT2D eigenvalue weighted by molar-refractivity contribution is -0.125. The van der Waals surface area contributed by atoms with Gasteiger partial charge in [0.25, 0.3) is 0 Å². The Morgan fingerprint density at radius 1 is 1.21 bits per heavy atom. The Morgan fingerprint density at radius 2 is 1.89 bits per heavy atom. The maximum absolute atomic E-state index is 12.1. The number of hydrogen-bond donors (Lipinski definition) is 1. The van der Waals surface area contributed by atoms with Crippen molar-refractivity contribution >= 4 is 0 Å². The number of nitrogens with one attached hydrogen (secondary N) is 1. The highest BCUT2D eigenvalue weighted by Gasteiger charge is 2.26. The van der Waals surface area contributed by atoms with E-state index in [9.17, 15) is 13.2 Å². The van der Waals surface area contributed by atoms with Crippen LogP contribution in [0.4, 0.5) is 13.2 Å². The Morgan fingerprint density at radius 3 is 2.53 bits per heavy atom. The van der Waals surface area contributed by atoms with Gasteiger partial charge in [-0.2, -0.15) is 13.2 Å². The summed E-state index contributed by atoms with van der Waals surface area (Å²) in [6.45, 7) is 0.932. The number of hydrogen-bond acceptors (Lipinski definition) is 2. The number of alkyl halides is 3. The molecule has 19 heavy (non-hydrogen) atoms. The zero-order valence-electron chi connectivity index (χ0n) is 10.4. The fraction of sp³-hybridized carbons (Fsp3) is 0.308. The molecule has 0 aliphatic rings. The molecule has 0 aliphatic heterocycles. The molecule has 6 heteroatoms. The van der Waals surface area contributed by atoms with Gasteiger partial charge in [-0.3, -0.25) is 4.57 Å². The lowest BCUT2D eigenvalue weighted by atomic mass is 10.3. The number of aromatic nitrogens is 2. The summed E-state index contributed by atoms with van der Waals surface area (Å²) in [4.78, 5) is 4.15. The molecule has 0 saturated heterocycles. The Hall–Kier alpha value is -1.82. The quantitative estimate of drug-likeness (QED) is 0.925. The van der Waals surface area contributed by atoms with Crippen LogP contribution in [-0.4, -0.2) is 22.3 Å². The second kappa shape index (κ2) is 5.44. The molecule has 1 heterocycles. The van der Waals surface area contributed by atoms with Crippen LogP contribution in [-0.2, 0) is 6.54 Å². The number of halogens is 3. The summed E-state index contributed by atoms with van der Waals surface area (Å²) < 4.78 is 38.1. The highest BCUT2D eigenvalue weighted by molar-refractivity contribution is 5.35.